The lowest BCUT2D eigenvalue weighted by Gasteiger charge is -2.17. The molecule has 8 nitrogen and oxygen atoms in total. The maximum Gasteiger partial charge on any atom is 0.431 e. The van der Waals surface area contributed by atoms with Gasteiger partial charge in [-0.2, -0.15) is 13.2 Å². The van der Waals surface area contributed by atoms with E-state index in [9.17, 15) is 40.4 Å². The Bertz CT molecular complexity index is 1340. The summed E-state index contributed by atoms with van der Waals surface area (Å²) >= 11 is 5.86. The first-order valence-electron chi connectivity index (χ1n) is 9.11. The molecule has 1 aromatic heterocycles. The molecule has 1 fully saturated rings. The summed E-state index contributed by atoms with van der Waals surface area (Å²) in [5.41, 5.74) is -6.06. The molecule has 0 aliphatic heterocycles. The Balaban J connectivity index is 2.13. The smallest absolute Gasteiger partial charge is 0.292 e. The lowest BCUT2D eigenvalue weighted by atomic mass is 10.1. The second-order valence-corrected chi connectivity index (χ2v) is 9.78. The minimum absolute atomic E-state index is 0.0839. The first-order valence-corrected chi connectivity index (χ1v) is 11.0. The van der Waals surface area contributed by atoms with E-state index in [-0.39, 0.29) is 21.6 Å². The minimum atomic E-state index is -5.03. The van der Waals surface area contributed by atoms with Crippen LogP contribution in [0, 0.1) is 5.82 Å². The van der Waals surface area contributed by atoms with E-state index in [4.69, 9.17) is 11.6 Å². The van der Waals surface area contributed by atoms with Crippen LogP contribution in [0.5, 0.6) is 0 Å². The van der Waals surface area contributed by atoms with Gasteiger partial charge in [-0.25, -0.2) is 26.9 Å². The van der Waals surface area contributed by atoms with Gasteiger partial charge >= 0.3 is 11.9 Å². The predicted molar refractivity (Wildman–Crippen MR) is 106 cm³/mol. The van der Waals surface area contributed by atoms with Gasteiger partial charge in [-0.05, 0) is 31.4 Å². The van der Waals surface area contributed by atoms with Crippen LogP contribution in [0.3, 0.4) is 0 Å². The molecule has 32 heavy (non-hydrogen) atoms. The number of amides is 1. The molecule has 1 N–H and O–H groups in total. The molecule has 1 aliphatic rings. The second-order valence-electron chi connectivity index (χ2n) is 7.30. The molecule has 3 rings (SSSR count). The fourth-order valence-electron chi connectivity index (χ4n) is 3.24. The van der Waals surface area contributed by atoms with Crippen molar-refractivity contribution in [3.8, 4) is 5.69 Å². The van der Waals surface area contributed by atoms with Crippen LogP contribution in [0.1, 0.15) is 42.2 Å². The highest BCUT2D eigenvalue weighted by Gasteiger charge is 2.53. The SMILES string of the molecule is CCC1(S(=O)(=O)NC(=O)c2cc(-n3c(=O)cc(C(F)(F)F)n(C)c3=O)c(F)cc2Cl)CC1. The van der Waals surface area contributed by atoms with Gasteiger partial charge in [-0.1, -0.05) is 18.5 Å². The van der Waals surface area contributed by atoms with Crippen LogP contribution >= 0.6 is 11.6 Å². The van der Waals surface area contributed by atoms with Crippen LogP contribution < -0.4 is 16.0 Å². The Kier molecular flexibility index (Phi) is 5.79. The van der Waals surface area contributed by atoms with Crippen LogP contribution in [-0.2, 0) is 23.2 Å². The summed E-state index contributed by atoms with van der Waals surface area (Å²) in [6.45, 7) is 1.63. The Morgan fingerprint density at radius 2 is 1.81 bits per heavy atom. The summed E-state index contributed by atoms with van der Waals surface area (Å²) in [5, 5.41) is -0.530. The maximum absolute atomic E-state index is 14.5. The van der Waals surface area contributed by atoms with E-state index >= 15 is 0 Å². The largest absolute Gasteiger partial charge is 0.431 e. The van der Waals surface area contributed by atoms with Crippen molar-refractivity contribution in [1.82, 2.24) is 13.9 Å². The zero-order valence-corrected chi connectivity index (χ0v) is 18.2. The molecule has 1 heterocycles. The van der Waals surface area contributed by atoms with E-state index in [1.807, 2.05) is 4.72 Å². The van der Waals surface area contributed by atoms with E-state index in [1.54, 1.807) is 6.92 Å². The van der Waals surface area contributed by atoms with E-state index in [0.717, 1.165) is 7.05 Å². The molecular weight excluding hydrogens is 482 g/mol. The van der Waals surface area contributed by atoms with Crippen molar-refractivity contribution in [3.63, 3.8) is 0 Å². The monoisotopic (exact) mass is 497 g/mol. The Labute approximate surface area is 183 Å². The number of halogens is 5. The van der Waals surface area contributed by atoms with Gasteiger partial charge in [0.25, 0.3) is 11.5 Å². The average Bonchev–Trinajstić information content (AvgIpc) is 3.47. The van der Waals surface area contributed by atoms with Crippen LogP contribution in [0.25, 0.3) is 5.69 Å². The first kappa shape index (κ1) is 24.0. The number of alkyl halides is 3. The molecule has 1 aromatic carbocycles. The predicted octanol–water partition coefficient (Wildman–Crippen LogP) is 2.35. The van der Waals surface area contributed by atoms with Crippen molar-refractivity contribution in [2.24, 2.45) is 7.05 Å². The normalized spacial score (nSPS) is 15.5. The fourth-order valence-corrected chi connectivity index (χ4v) is 5.07. The number of benzene rings is 1. The molecule has 0 atom stereocenters. The van der Waals surface area contributed by atoms with Crippen molar-refractivity contribution in [2.45, 2.75) is 37.1 Å². The highest BCUT2D eigenvalue weighted by Crippen LogP contribution is 2.45. The van der Waals surface area contributed by atoms with E-state index < -0.39 is 65.9 Å². The minimum Gasteiger partial charge on any atom is -0.292 e. The lowest BCUT2D eigenvalue weighted by Crippen LogP contribution is -2.41. The lowest BCUT2D eigenvalue weighted by molar-refractivity contribution is -0.144. The zero-order valence-electron chi connectivity index (χ0n) is 16.6. The third-order valence-electron chi connectivity index (χ3n) is 5.38. The van der Waals surface area contributed by atoms with Gasteiger partial charge < -0.3 is 0 Å². The molecule has 174 valence electrons. The van der Waals surface area contributed by atoms with Crippen molar-refractivity contribution in [2.75, 3.05) is 0 Å². The van der Waals surface area contributed by atoms with Crippen LogP contribution in [0.2, 0.25) is 5.02 Å². The molecule has 0 saturated heterocycles. The van der Waals surface area contributed by atoms with Crippen LogP contribution in [0.4, 0.5) is 17.6 Å². The molecule has 1 aliphatic carbocycles. The number of hydrogen-bond acceptors (Lipinski definition) is 5. The quantitative estimate of drug-likeness (QED) is 0.638. The van der Waals surface area contributed by atoms with Gasteiger partial charge in [0.2, 0.25) is 10.0 Å². The molecular formula is C18H16ClF4N3O5S. The summed E-state index contributed by atoms with van der Waals surface area (Å²) in [7, 11) is -3.38. The molecule has 2 aromatic rings. The van der Waals surface area contributed by atoms with Crippen molar-refractivity contribution >= 4 is 27.5 Å². The number of hydrogen-bond donors (Lipinski definition) is 1. The number of aromatic nitrogens is 2. The molecule has 1 saturated carbocycles. The Morgan fingerprint density at radius 3 is 2.31 bits per heavy atom. The Hall–Kier alpha value is -2.67. The van der Waals surface area contributed by atoms with Crippen LogP contribution in [0.15, 0.2) is 27.8 Å². The molecule has 1 amide bonds. The van der Waals surface area contributed by atoms with Gasteiger partial charge in [-0.15, -0.1) is 0 Å². The summed E-state index contributed by atoms with van der Waals surface area (Å²) in [6.07, 6.45) is -4.10. The number of carbonyl (C=O) groups excluding carboxylic acids is 1. The topological polar surface area (TPSA) is 107 Å². The van der Waals surface area contributed by atoms with Crippen LogP contribution in [-0.4, -0.2) is 28.2 Å². The van der Waals surface area contributed by atoms with Gasteiger partial charge in [-0.3, -0.25) is 14.2 Å². The van der Waals surface area contributed by atoms with E-state index in [2.05, 4.69) is 0 Å². The molecule has 0 spiro atoms. The summed E-state index contributed by atoms with van der Waals surface area (Å²) < 4.78 is 79.5. The summed E-state index contributed by atoms with van der Waals surface area (Å²) in [5.74, 6) is -2.53. The van der Waals surface area contributed by atoms with Gasteiger partial charge in [0.05, 0.1) is 21.0 Å². The van der Waals surface area contributed by atoms with Crippen molar-refractivity contribution in [1.29, 1.82) is 0 Å². The van der Waals surface area contributed by atoms with E-state index in [1.165, 1.54) is 0 Å². The molecule has 14 heteroatoms. The van der Waals surface area contributed by atoms with Gasteiger partial charge in [0.15, 0.2) is 0 Å². The number of carbonyl (C=O) groups is 1. The highest BCUT2D eigenvalue weighted by atomic mass is 35.5. The third-order valence-corrected chi connectivity index (χ3v) is 7.99. The molecule has 0 radical (unpaired) electrons. The fraction of sp³-hybridized carbons (Fsp3) is 0.389. The van der Waals surface area contributed by atoms with Gasteiger partial charge in [0, 0.05) is 13.1 Å². The zero-order chi connectivity index (χ0) is 24.2. The number of nitrogens with zero attached hydrogens (tertiary/aromatic N) is 2. The Morgan fingerprint density at radius 1 is 1.22 bits per heavy atom. The molecule has 0 bridgehead atoms. The summed E-state index contributed by atoms with van der Waals surface area (Å²) in [6, 6.07) is 1.27. The van der Waals surface area contributed by atoms with Gasteiger partial charge in [0.1, 0.15) is 11.5 Å². The number of nitrogens with one attached hydrogen (secondary N) is 1. The maximum atomic E-state index is 14.5. The van der Waals surface area contributed by atoms with E-state index in [0.29, 0.717) is 25.0 Å². The summed E-state index contributed by atoms with van der Waals surface area (Å²) in [4.78, 5) is 37.2. The van der Waals surface area contributed by atoms with Crippen molar-refractivity contribution in [3.05, 3.63) is 61.1 Å². The highest BCUT2D eigenvalue weighted by molar-refractivity contribution is 7.91. The standard InChI is InChI=1S/C18H16ClF4N3O5S/c1-3-17(4-5-17)32(30,31)24-15(28)9-6-12(11(20)7-10(9)19)26-14(27)8-13(18(21,22)23)25(2)16(26)29/h6-8H,3-5H2,1-2H3,(H,24,28). The second kappa shape index (κ2) is 7.73. The number of sulfonamides is 1. The average molecular weight is 498 g/mol. The van der Waals surface area contributed by atoms with Crippen molar-refractivity contribution < 1.29 is 30.8 Å². The first-order chi connectivity index (χ1) is 14.6. The third kappa shape index (κ3) is 3.94. The number of rotatable bonds is 5. The molecule has 0 unspecified atom stereocenters.